The van der Waals surface area contributed by atoms with Crippen molar-refractivity contribution in [3.8, 4) is 0 Å². The normalized spacial score (nSPS) is 17.7. The van der Waals surface area contributed by atoms with E-state index < -0.39 is 0 Å². The first-order chi connectivity index (χ1) is 12.8. The van der Waals surface area contributed by atoms with Gasteiger partial charge in [0.25, 0.3) is 0 Å². The number of thiophene rings is 1. The third kappa shape index (κ3) is 2.89. The SMILES string of the molecule is Nc1nc(CN2CCc3ccccc3C2)nc2sc3c(c12)CCCCC3. The van der Waals surface area contributed by atoms with E-state index in [2.05, 4.69) is 29.2 Å². The van der Waals surface area contributed by atoms with Crippen molar-refractivity contribution in [3.05, 3.63) is 51.7 Å². The molecular formula is C21H24N4S. The fraction of sp³-hybridized carbons (Fsp3) is 0.429. The first-order valence-corrected chi connectivity index (χ1v) is 10.5. The molecule has 0 unspecified atom stereocenters. The molecule has 0 fully saturated rings. The Morgan fingerprint density at radius 3 is 2.77 bits per heavy atom. The predicted molar refractivity (Wildman–Crippen MR) is 107 cm³/mol. The Bertz CT molecular complexity index is 962. The van der Waals surface area contributed by atoms with Gasteiger partial charge in [0.2, 0.25) is 0 Å². The quantitative estimate of drug-likeness (QED) is 0.696. The minimum absolute atomic E-state index is 0.682. The summed E-state index contributed by atoms with van der Waals surface area (Å²) >= 11 is 1.84. The molecule has 0 saturated carbocycles. The van der Waals surface area contributed by atoms with Gasteiger partial charge in [0, 0.05) is 18.0 Å². The molecule has 0 bridgehead atoms. The molecule has 1 aliphatic carbocycles. The van der Waals surface area contributed by atoms with Crippen molar-refractivity contribution in [1.82, 2.24) is 14.9 Å². The minimum atomic E-state index is 0.682. The zero-order chi connectivity index (χ0) is 17.5. The molecule has 0 saturated heterocycles. The van der Waals surface area contributed by atoms with Gasteiger partial charge in [-0.2, -0.15) is 0 Å². The van der Waals surface area contributed by atoms with E-state index in [1.165, 1.54) is 47.3 Å². The molecule has 3 aromatic rings. The summed E-state index contributed by atoms with van der Waals surface area (Å²) in [6, 6.07) is 8.73. The van der Waals surface area contributed by atoms with Crippen LogP contribution in [0, 0.1) is 0 Å². The van der Waals surface area contributed by atoms with Crippen molar-refractivity contribution in [2.45, 2.75) is 51.6 Å². The monoisotopic (exact) mass is 364 g/mol. The summed E-state index contributed by atoms with van der Waals surface area (Å²) in [6.07, 6.45) is 7.26. The average molecular weight is 365 g/mol. The number of anilines is 1. The lowest BCUT2D eigenvalue weighted by molar-refractivity contribution is 0.240. The summed E-state index contributed by atoms with van der Waals surface area (Å²) in [5, 5.41) is 1.14. The van der Waals surface area contributed by atoms with Crippen molar-refractivity contribution >= 4 is 27.4 Å². The molecule has 0 amide bonds. The van der Waals surface area contributed by atoms with Gasteiger partial charge in [0.15, 0.2) is 0 Å². The Hall–Kier alpha value is -1.98. The van der Waals surface area contributed by atoms with Crippen molar-refractivity contribution < 1.29 is 0 Å². The molecule has 5 heteroatoms. The van der Waals surface area contributed by atoms with Crippen LogP contribution in [0.25, 0.3) is 10.2 Å². The van der Waals surface area contributed by atoms with Crippen molar-refractivity contribution in [1.29, 1.82) is 0 Å². The molecular weight excluding hydrogens is 340 g/mol. The van der Waals surface area contributed by atoms with Crippen LogP contribution in [-0.2, 0) is 32.4 Å². The van der Waals surface area contributed by atoms with Gasteiger partial charge in [-0.3, -0.25) is 4.90 Å². The molecule has 2 aliphatic rings. The van der Waals surface area contributed by atoms with E-state index in [1.54, 1.807) is 0 Å². The molecule has 2 N–H and O–H groups in total. The first-order valence-electron chi connectivity index (χ1n) is 9.64. The third-order valence-electron chi connectivity index (χ3n) is 5.71. The lowest BCUT2D eigenvalue weighted by Crippen LogP contribution is -2.30. The second-order valence-corrected chi connectivity index (χ2v) is 8.58. The van der Waals surface area contributed by atoms with Gasteiger partial charge in [-0.15, -0.1) is 11.3 Å². The van der Waals surface area contributed by atoms with Gasteiger partial charge >= 0.3 is 0 Å². The molecule has 2 aromatic heterocycles. The summed E-state index contributed by atoms with van der Waals surface area (Å²) in [5.41, 5.74) is 10.7. The molecule has 1 aromatic carbocycles. The van der Waals surface area contributed by atoms with Crippen LogP contribution in [0.15, 0.2) is 24.3 Å². The highest BCUT2D eigenvalue weighted by atomic mass is 32.1. The highest BCUT2D eigenvalue weighted by molar-refractivity contribution is 7.19. The molecule has 4 nitrogen and oxygen atoms in total. The van der Waals surface area contributed by atoms with Gasteiger partial charge in [0.1, 0.15) is 16.5 Å². The summed E-state index contributed by atoms with van der Waals surface area (Å²) in [4.78, 5) is 14.6. The average Bonchev–Trinajstić information content (AvgIpc) is 2.83. The number of fused-ring (bicyclic) bond motifs is 4. The van der Waals surface area contributed by atoms with Crippen LogP contribution >= 0.6 is 11.3 Å². The van der Waals surface area contributed by atoms with Crippen molar-refractivity contribution in [2.24, 2.45) is 0 Å². The fourth-order valence-corrected chi connectivity index (χ4v) is 5.66. The first kappa shape index (κ1) is 16.2. The fourth-order valence-electron chi connectivity index (χ4n) is 4.37. The molecule has 0 radical (unpaired) electrons. The summed E-state index contributed by atoms with van der Waals surface area (Å²) < 4.78 is 0. The number of benzene rings is 1. The van der Waals surface area contributed by atoms with E-state index in [0.717, 1.165) is 48.5 Å². The Kier molecular flexibility index (Phi) is 4.14. The Morgan fingerprint density at radius 2 is 1.85 bits per heavy atom. The number of nitrogens with two attached hydrogens (primary N) is 1. The highest BCUT2D eigenvalue weighted by Crippen LogP contribution is 2.37. The van der Waals surface area contributed by atoms with Crippen LogP contribution in [-0.4, -0.2) is 21.4 Å². The molecule has 0 spiro atoms. The van der Waals surface area contributed by atoms with E-state index in [-0.39, 0.29) is 0 Å². The third-order valence-corrected chi connectivity index (χ3v) is 6.90. The molecule has 0 atom stereocenters. The van der Waals surface area contributed by atoms with Crippen molar-refractivity contribution in [2.75, 3.05) is 12.3 Å². The van der Waals surface area contributed by atoms with E-state index in [9.17, 15) is 0 Å². The lowest BCUT2D eigenvalue weighted by atomic mass is 10.00. The van der Waals surface area contributed by atoms with Crippen LogP contribution in [0.1, 0.15) is 46.7 Å². The highest BCUT2D eigenvalue weighted by Gasteiger charge is 2.21. The number of hydrogen-bond acceptors (Lipinski definition) is 5. The van der Waals surface area contributed by atoms with Crippen LogP contribution in [0.5, 0.6) is 0 Å². The molecule has 3 heterocycles. The Balaban J connectivity index is 1.43. The van der Waals surface area contributed by atoms with Gasteiger partial charge in [-0.05, 0) is 48.8 Å². The Morgan fingerprint density at radius 1 is 1.00 bits per heavy atom. The van der Waals surface area contributed by atoms with Gasteiger partial charge < -0.3 is 5.73 Å². The summed E-state index contributed by atoms with van der Waals surface area (Å²) in [5.74, 6) is 1.55. The van der Waals surface area contributed by atoms with E-state index in [4.69, 9.17) is 15.7 Å². The summed E-state index contributed by atoms with van der Waals surface area (Å²) in [7, 11) is 0. The van der Waals surface area contributed by atoms with Crippen molar-refractivity contribution in [3.63, 3.8) is 0 Å². The second kappa shape index (κ2) is 6.63. The molecule has 5 rings (SSSR count). The summed E-state index contributed by atoms with van der Waals surface area (Å²) in [6.45, 7) is 2.80. The maximum atomic E-state index is 6.40. The number of hydrogen-bond donors (Lipinski definition) is 1. The van der Waals surface area contributed by atoms with Crippen LogP contribution in [0.4, 0.5) is 5.82 Å². The van der Waals surface area contributed by atoms with E-state index >= 15 is 0 Å². The minimum Gasteiger partial charge on any atom is -0.383 e. The maximum Gasteiger partial charge on any atom is 0.146 e. The molecule has 1 aliphatic heterocycles. The van der Waals surface area contributed by atoms with Gasteiger partial charge in [0.05, 0.1) is 11.9 Å². The van der Waals surface area contributed by atoms with E-state index in [1.807, 2.05) is 11.3 Å². The van der Waals surface area contributed by atoms with Crippen LogP contribution in [0.2, 0.25) is 0 Å². The molecule has 26 heavy (non-hydrogen) atoms. The number of rotatable bonds is 2. The van der Waals surface area contributed by atoms with E-state index in [0.29, 0.717) is 5.82 Å². The topological polar surface area (TPSA) is 55.0 Å². The van der Waals surface area contributed by atoms with Crippen LogP contribution < -0.4 is 5.73 Å². The number of nitrogens with zero attached hydrogens (tertiary/aromatic N) is 3. The standard InChI is InChI=1S/C21H24N4S/c22-20-19-16-8-2-1-3-9-17(16)26-21(19)24-18(23-20)13-25-11-10-14-6-4-5-7-15(14)12-25/h4-7H,1-3,8-13H2,(H2,22,23,24). The number of aromatic nitrogens is 2. The van der Waals surface area contributed by atoms with Gasteiger partial charge in [-0.1, -0.05) is 30.7 Å². The predicted octanol–water partition coefficient (Wildman–Crippen LogP) is 4.10. The zero-order valence-corrected chi connectivity index (χ0v) is 15.8. The Labute approximate surface area is 158 Å². The smallest absolute Gasteiger partial charge is 0.146 e. The van der Waals surface area contributed by atoms with Gasteiger partial charge in [-0.25, -0.2) is 9.97 Å². The molecule has 134 valence electrons. The maximum absolute atomic E-state index is 6.40. The van der Waals surface area contributed by atoms with Crippen LogP contribution in [0.3, 0.4) is 0 Å². The lowest BCUT2D eigenvalue weighted by Gasteiger charge is -2.28. The number of nitrogen functional groups attached to an aromatic ring is 1. The number of aryl methyl sites for hydroxylation is 2. The second-order valence-electron chi connectivity index (χ2n) is 7.50. The zero-order valence-electron chi connectivity index (χ0n) is 15.0. The largest absolute Gasteiger partial charge is 0.383 e.